The summed E-state index contributed by atoms with van der Waals surface area (Å²) < 4.78 is 5.41. The molecular formula is C14H21NOS. The van der Waals surface area contributed by atoms with Crippen LogP contribution < -0.4 is 10.1 Å². The van der Waals surface area contributed by atoms with Gasteiger partial charge in [-0.05, 0) is 37.3 Å². The fourth-order valence-corrected chi connectivity index (χ4v) is 3.44. The van der Waals surface area contributed by atoms with Crippen molar-refractivity contribution >= 4 is 11.8 Å². The van der Waals surface area contributed by atoms with Crippen LogP contribution in [0.15, 0.2) is 24.3 Å². The van der Waals surface area contributed by atoms with Crippen LogP contribution in [0.25, 0.3) is 0 Å². The van der Waals surface area contributed by atoms with E-state index in [1.54, 1.807) is 7.11 Å². The number of hydrogen-bond donors (Lipinski definition) is 1. The van der Waals surface area contributed by atoms with Crippen molar-refractivity contribution in [3.63, 3.8) is 0 Å². The normalized spacial score (nSPS) is 18.9. The summed E-state index contributed by atoms with van der Waals surface area (Å²) in [5, 5.41) is 3.72. The van der Waals surface area contributed by atoms with E-state index < -0.39 is 0 Å². The van der Waals surface area contributed by atoms with E-state index in [2.05, 4.69) is 36.1 Å². The van der Waals surface area contributed by atoms with E-state index >= 15 is 0 Å². The summed E-state index contributed by atoms with van der Waals surface area (Å²) >= 11 is 2.06. The maximum atomic E-state index is 5.41. The molecule has 17 heavy (non-hydrogen) atoms. The molecule has 1 aromatic rings. The molecule has 1 aliphatic rings. The molecular weight excluding hydrogens is 230 g/mol. The molecule has 0 amide bonds. The quantitative estimate of drug-likeness (QED) is 0.887. The molecule has 1 heterocycles. The number of hydrogen-bond acceptors (Lipinski definition) is 3. The number of methoxy groups -OCH3 is 1. The summed E-state index contributed by atoms with van der Waals surface area (Å²) in [5.41, 5.74) is 1.26. The summed E-state index contributed by atoms with van der Waals surface area (Å²) in [5.74, 6) is 3.56. The standard InChI is InChI=1S/C14H21NOS/c1-11(15-12-7-9-17-10-8-12)13-5-3-4-6-14(13)16-2/h3-6,11-12,15H,7-10H2,1-2H3/t11-/m0/s1. The minimum absolute atomic E-state index is 0.360. The predicted octanol–water partition coefficient (Wildman–Crippen LogP) is 3.24. The van der Waals surface area contributed by atoms with Crippen LogP contribution >= 0.6 is 11.8 Å². The van der Waals surface area contributed by atoms with Gasteiger partial charge in [0.2, 0.25) is 0 Å². The van der Waals surface area contributed by atoms with Crippen LogP contribution in [0.4, 0.5) is 0 Å². The van der Waals surface area contributed by atoms with Crippen LogP contribution in [0.2, 0.25) is 0 Å². The molecule has 0 radical (unpaired) electrons. The summed E-state index contributed by atoms with van der Waals surface area (Å²) in [6.07, 6.45) is 2.56. The second kappa shape index (κ2) is 6.31. The van der Waals surface area contributed by atoms with Crippen molar-refractivity contribution in [1.82, 2.24) is 5.32 Å². The van der Waals surface area contributed by atoms with Gasteiger partial charge in [-0.15, -0.1) is 0 Å². The Morgan fingerprint density at radius 1 is 1.29 bits per heavy atom. The van der Waals surface area contributed by atoms with E-state index in [0.717, 1.165) is 5.75 Å². The van der Waals surface area contributed by atoms with E-state index in [-0.39, 0.29) is 0 Å². The van der Waals surface area contributed by atoms with Gasteiger partial charge in [0.1, 0.15) is 5.75 Å². The van der Waals surface area contributed by atoms with Gasteiger partial charge in [0.05, 0.1) is 7.11 Å². The third kappa shape index (κ3) is 3.39. The minimum Gasteiger partial charge on any atom is -0.496 e. The van der Waals surface area contributed by atoms with Gasteiger partial charge in [-0.3, -0.25) is 0 Å². The number of thioether (sulfide) groups is 1. The number of ether oxygens (including phenoxy) is 1. The first-order valence-electron chi connectivity index (χ1n) is 6.28. The Hall–Kier alpha value is -0.670. The van der Waals surface area contributed by atoms with Crippen LogP contribution in [0, 0.1) is 0 Å². The molecule has 1 aromatic carbocycles. The second-order valence-corrected chi connectivity index (χ2v) is 5.74. The van der Waals surface area contributed by atoms with Crippen molar-refractivity contribution in [3.8, 4) is 5.75 Å². The zero-order valence-corrected chi connectivity index (χ0v) is 11.4. The molecule has 0 bridgehead atoms. The molecule has 94 valence electrons. The Kier molecular flexibility index (Phi) is 4.75. The molecule has 2 nitrogen and oxygen atoms in total. The van der Waals surface area contributed by atoms with Crippen LogP contribution in [0.5, 0.6) is 5.75 Å². The maximum Gasteiger partial charge on any atom is 0.123 e. The lowest BCUT2D eigenvalue weighted by atomic mass is 10.0. The molecule has 3 heteroatoms. The topological polar surface area (TPSA) is 21.3 Å². The van der Waals surface area contributed by atoms with Crippen LogP contribution in [0.1, 0.15) is 31.4 Å². The highest BCUT2D eigenvalue weighted by molar-refractivity contribution is 7.99. The maximum absolute atomic E-state index is 5.41. The van der Waals surface area contributed by atoms with Crippen molar-refractivity contribution in [1.29, 1.82) is 0 Å². The van der Waals surface area contributed by atoms with Gasteiger partial charge >= 0.3 is 0 Å². The van der Waals surface area contributed by atoms with Crippen molar-refractivity contribution < 1.29 is 4.74 Å². The van der Waals surface area contributed by atoms with Gasteiger partial charge in [0.15, 0.2) is 0 Å². The second-order valence-electron chi connectivity index (χ2n) is 4.52. The molecule has 2 rings (SSSR count). The summed E-state index contributed by atoms with van der Waals surface area (Å²) in [6.45, 7) is 2.22. The zero-order valence-electron chi connectivity index (χ0n) is 10.6. The van der Waals surface area contributed by atoms with Crippen LogP contribution in [-0.2, 0) is 0 Å². The van der Waals surface area contributed by atoms with Gasteiger partial charge in [-0.2, -0.15) is 11.8 Å². The monoisotopic (exact) mass is 251 g/mol. The SMILES string of the molecule is COc1ccccc1[C@H](C)NC1CCSCC1. The Labute approximate surface area is 108 Å². The fourth-order valence-electron chi connectivity index (χ4n) is 2.33. The largest absolute Gasteiger partial charge is 0.496 e. The van der Waals surface area contributed by atoms with E-state index in [0.29, 0.717) is 12.1 Å². The zero-order chi connectivity index (χ0) is 12.1. The Bertz CT molecular complexity index is 350. The molecule has 1 fully saturated rings. The van der Waals surface area contributed by atoms with Gasteiger partial charge in [-0.1, -0.05) is 18.2 Å². The number of nitrogens with one attached hydrogen (secondary N) is 1. The van der Waals surface area contributed by atoms with Gasteiger partial charge in [-0.25, -0.2) is 0 Å². The molecule has 1 saturated heterocycles. The first-order chi connectivity index (χ1) is 8.31. The van der Waals surface area contributed by atoms with Crippen molar-refractivity contribution in [2.24, 2.45) is 0 Å². The fraction of sp³-hybridized carbons (Fsp3) is 0.571. The third-order valence-electron chi connectivity index (χ3n) is 3.31. The van der Waals surface area contributed by atoms with Crippen molar-refractivity contribution in [2.45, 2.75) is 31.8 Å². The number of benzene rings is 1. The minimum atomic E-state index is 0.360. The summed E-state index contributed by atoms with van der Waals surface area (Å²) in [4.78, 5) is 0. The van der Waals surface area contributed by atoms with Crippen LogP contribution in [-0.4, -0.2) is 24.7 Å². The highest BCUT2D eigenvalue weighted by Gasteiger charge is 2.18. The average Bonchev–Trinajstić information content (AvgIpc) is 2.40. The lowest BCUT2D eigenvalue weighted by molar-refractivity contribution is 0.387. The van der Waals surface area contributed by atoms with Crippen molar-refractivity contribution in [3.05, 3.63) is 29.8 Å². The number of para-hydroxylation sites is 1. The van der Waals surface area contributed by atoms with Crippen LogP contribution in [0.3, 0.4) is 0 Å². The molecule has 0 saturated carbocycles. The first-order valence-corrected chi connectivity index (χ1v) is 7.43. The Morgan fingerprint density at radius 2 is 2.00 bits per heavy atom. The summed E-state index contributed by atoms with van der Waals surface area (Å²) in [7, 11) is 1.74. The molecule has 1 N–H and O–H groups in total. The predicted molar refractivity (Wildman–Crippen MR) is 74.9 cm³/mol. The molecule has 1 aliphatic heterocycles. The van der Waals surface area contributed by atoms with E-state index in [4.69, 9.17) is 4.74 Å². The molecule has 0 spiro atoms. The smallest absolute Gasteiger partial charge is 0.123 e. The van der Waals surface area contributed by atoms with Gasteiger partial charge in [0, 0.05) is 17.6 Å². The number of rotatable bonds is 4. The molecule has 0 unspecified atom stereocenters. The molecule has 0 aromatic heterocycles. The highest BCUT2D eigenvalue weighted by atomic mass is 32.2. The molecule has 0 aliphatic carbocycles. The Morgan fingerprint density at radius 3 is 2.71 bits per heavy atom. The van der Waals surface area contributed by atoms with Gasteiger partial charge < -0.3 is 10.1 Å². The van der Waals surface area contributed by atoms with Crippen molar-refractivity contribution in [2.75, 3.05) is 18.6 Å². The lowest BCUT2D eigenvalue weighted by Crippen LogP contribution is -2.34. The highest BCUT2D eigenvalue weighted by Crippen LogP contribution is 2.26. The average molecular weight is 251 g/mol. The van der Waals surface area contributed by atoms with E-state index in [9.17, 15) is 0 Å². The first kappa shape index (κ1) is 12.8. The van der Waals surface area contributed by atoms with Gasteiger partial charge in [0.25, 0.3) is 0 Å². The third-order valence-corrected chi connectivity index (χ3v) is 4.36. The van der Waals surface area contributed by atoms with E-state index in [1.807, 2.05) is 12.1 Å². The Balaban J connectivity index is 2.00. The van der Waals surface area contributed by atoms with E-state index in [1.165, 1.54) is 29.9 Å². The lowest BCUT2D eigenvalue weighted by Gasteiger charge is -2.27. The molecule has 1 atom stereocenters. The summed E-state index contributed by atoms with van der Waals surface area (Å²) in [6, 6.07) is 9.30.